The monoisotopic (exact) mass is 300 g/mol. The van der Waals surface area contributed by atoms with Crippen molar-refractivity contribution in [2.24, 2.45) is 0 Å². The highest BCUT2D eigenvalue weighted by Crippen LogP contribution is 2.38. The molecule has 2 aromatic rings. The third-order valence-corrected chi connectivity index (χ3v) is 5.26. The van der Waals surface area contributed by atoms with Crippen LogP contribution in [0.15, 0.2) is 30.3 Å². The van der Waals surface area contributed by atoms with E-state index in [4.69, 9.17) is 11.6 Å². The van der Waals surface area contributed by atoms with Gasteiger partial charge in [0.15, 0.2) is 0 Å². The van der Waals surface area contributed by atoms with Gasteiger partial charge in [0.25, 0.3) is 0 Å². The molecule has 1 heteroatoms. The largest absolute Gasteiger partial charge is 0.118 e. The molecule has 112 valence electrons. The Hall–Kier alpha value is -1.01. The topological polar surface area (TPSA) is 0 Å². The van der Waals surface area contributed by atoms with Gasteiger partial charge in [-0.3, -0.25) is 0 Å². The van der Waals surface area contributed by atoms with Crippen LogP contribution in [0.3, 0.4) is 0 Å². The molecule has 1 aliphatic carbocycles. The smallest absolute Gasteiger partial charge is 0.0591 e. The van der Waals surface area contributed by atoms with Crippen molar-refractivity contribution in [1.29, 1.82) is 0 Å². The number of alkyl halides is 1. The minimum Gasteiger partial charge on any atom is -0.118 e. The first-order valence-corrected chi connectivity index (χ1v) is 8.92. The molecule has 0 heterocycles. The molecule has 0 saturated heterocycles. The number of aryl methyl sites for hydroxylation is 2. The fraction of sp³-hybridized carbons (Fsp3) is 0.500. The van der Waals surface area contributed by atoms with Gasteiger partial charge >= 0.3 is 0 Å². The Kier molecular flexibility index (Phi) is 4.85. The van der Waals surface area contributed by atoms with E-state index in [0.717, 1.165) is 6.42 Å². The number of unbranched alkanes of at least 4 members (excludes halogenated alkanes) is 4. The second kappa shape index (κ2) is 6.83. The summed E-state index contributed by atoms with van der Waals surface area (Å²) in [5, 5.41) is 3.05. The van der Waals surface area contributed by atoms with Gasteiger partial charge in [-0.05, 0) is 46.7 Å². The summed E-state index contributed by atoms with van der Waals surface area (Å²) in [6, 6.07) is 11.3. The van der Waals surface area contributed by atoms with E-state index in [1.165, 1.54) is 72.4 Å². The Morgan fingerprint density at radius 1 is 0.952 bits per heavy atom. The van der Waals surface area contributed by atoms with Crippen LogP contribution >= 0.6 is 11.6 Å². The highest BCUT2D eigenvalue weighted by atomic mass is 35.5. The van der Waals surface area contributed by atoms with E-state index in [9.17, 15) is 0 Å². The van der Waals surface area contributed by atoms with E-state index >= 15 is 0 Å². The average molecular weight is 301 g/mol. The number of halogens is 1. The molecule has 0 spiro atoms. The van der Waals surface area contributed by atoms with E-state index in [-0.39, 0.29) is 5.38 Å². The molecule has 1 aliphatic rings. The Bertz CT molecular complexity index is 604. The fourth-order valence-electron chi connectivity index (χ4n) is 3.63. The number of hydrogen-bond donors (Lipinski definition) is 0. The Morgan fingerprint density at radius 3 is 2.52 bits per heavy atom. The summed E-state index contributed by atoms with van der Waals surface area (Å²) in [6.07, 6.45) is 10.1. The van der Waals surface area contributed by atoms with Crippen LogP contribution in [-0.4, -0.2) is 0 Å². The van der Waals surface area contributed by atoms with Gasteiger partial charge in [0, 0.05) is 0 Å². The van der Waals surface area contributed by atoms with Crippen LogP contribution in [0.4, 0.5) is 0 Å². The highest BCUT2D eigenvalue weighted by molar-refractivity contribution is 6.22. The first kappa shape index (κ1) is 14.9. The summed E-state index contributed by atoms with van der Waals surface area (Å²) in [4.78, 5) is 0. The van der Waals surface area contributed by atoms with Crippen LogP contribution in [0, 0.1) is 0 Å². The van der Waals surface area contributed by atoms with Gasteiger partial charge in [-0.15, -0.1) is 11.6 Å². The highest BCUT2D eigenvalue weighted by Gasteiger charge is 2.18. The van der Waals surface area contributed by atoms with E-state index in [2.05, 4.69) is 37.3 Å². The third-order valence-electron chi connectivity index (χ3n) is 4.81. The quantitative estimate of drug-likeness (QED) is 0.400. The minimum atomic E-state index is 0.163. The number of hydrogen-bond acceptors (Lipinski definition) is 0. The van der Waals surface area contributed by atoms with Crippen molar-refractivity contribution in [3.05, 3.63) is 47.0 Å². The third kappa shape index (κ3) is 3.11. The zero-order valence-corrected chi connectivity index (χ0v) is 13.8. The van der Waals surface area contributed by atoms with Crippen molar-refractivity contribution in [2.75, 3.05) is 0 Å². The SMILES string of the molecule is CCCCCCCC(Cl)c1ccc2c3c(cccc13)CC2. The number of benzene rings is 2. The van der Waals surface area contributed by atoms with Crippen molar-refractivity contribution >= 4 is 22.4 Å². The summed E-state index contributed by atoms with van der Waals surface area (Å²) in [5.74, 6) is 0. The summed E-state index contributed by atoms with van der Waals surface area (Å²) in [6.45, 7) is 2.26. The molecule has 0 aliphatic heterocycles. The summed E-state index contributed by atoms with van der Waals surface area (Å²) < 4.78 is 0. The zero-order chi connectivity index (χ0) is 14.7. The standard InChI is InChI=1S/C20H25Cl/c1-2-3-4-5-6-10-19(21)17-14-13-16-12-11-15-8-7-9-18(17)20(15)16/h7-9,13-14,19H,2-6,10-12H2,1H3. The molecular formula is C20H25Cl. The van der Waals surface area contributed by atoms with Gasteiger partial charge in [0.05, 0.1) is 5.38 Å². The average Bonchev–Trinajstić information content (AvgIpc) is 2.93. The van der Waals surface area contributed by atoms with Crippen LogP contribution in [0.5, 0.6) is 0 Å². The predicted octanol–water partition coefficient (Wildman–Crippen LogP) is 6.58. The Balaban J connectivity index is 1.75. The molecule has 0 nitrogen and oxygen atoms in total. The van der Waals surface area contributed by atoms with Crippen molar-refractivity contribution in [3.8, 4) is 0 Å². The van der Waals surface area contributed by atoms with Crippen molar-refractivity contribution in [1.82, 2.24) is 0 Å². The van der Waals surface area contributed by atoms with Gasteiger partial charge in [-0.2, -0.15) is 0 Å². The molecule has 21 heavy (non-hydrogen) atoms. The Morgan fingerprint density at radius 2 is 1.71 bits per heavy atom. The lowest BCUT2D eigenvalue weighted by atomic mass is 9.96. The Labute approximate surface area is 133 Å². The summed E-state index contributed by atoms with van der Waals surface area (Å²) in [7, 11) is 0. The van der Waals surface area contributed by atoms with Crippen LogP contribution in [0.1, 0.15) is 67.5 Å². The first-order chi connectivity index (χ1) is 10.3. The predicted molar refractivity (Wildman–Crippen MR) is 93.3 cm³/mol. The maximum Gasteiger partial charge on any atom is 0.0591 e. The lowest BCUT2D eigenvalue weighted by Crippen LogP contribution is -1.94. The van der Waals surface area contributed by atoms with E-state index in [0.29, 0.717) is 0 Å². The van der Waals surface area contributed by atoms with E-state index in [1.807, 2.05) is 0 Å². The maximum absolute atomic E-state index is 6.72. The maximum atomic E-state index is 6.72. The van der Waals surface area contributed by atoms with Crippen molar-refractivity contribution in [2.45, 2.75) is 63.7 Å². The van der Waals surface area contributed by atoms with Gasteiger partial charge in [0.1, 0.15) is 0 Å². The van der Waals surface area contributed by atoms with Gasteiger partial charge in [-0.25, -0.2) is 0 Å². The molecular weight excluding hydrogens is 276 g/mol. The molecule has 0 saturated carbocycles. The van der Waals surface area contributed by atoms with Crippen LogP contribution in [0.25, 0.3) is 10.8 Å². The normalized spacial score (nSPS) is 14.8. The number of rotatable bonds is 7. The summed E-state index contributed by atoms with van der Waals surface area (Å²) in [5.41, 5.74) is 4.36. The van der Waals surface area contributed by atoms with Crippen molar-refractivity contribution < 1.29 is 0 Å². The molecule has 0 aromatic heterocycles. The van der Waals surface area contributed by atoms with Crippen molar-refractivity contribution in [3.63, 3.8) is 0 Å². The van der Waals surface area contributed by atoms with Gasteiger partial charge < -0.3 is 0 Å². The molecule has 0 radical (unpaired) electrons. The first-order valence-electron chi connectivity index (χ1n) is 8.48. The minimum absolute atomic E-state index is 0.163. The van der Waals surface area contributed by atoms with Crippen LogP contribution in [-0.2, 0) is 12.8 Å². The lowest BCUT2D eigenvalue weighted by Gasteiger charge is -2.14. The molecule has 0 amide bonds. The molecule has 1 atom stereocenters. The lowest BCUT2D eigenvalue weighted by molar-refractivity contribution is 0.602. The van der Waals surface area contributed by atoms with Gasteiger partial charge in [0.2, 0.25) is 0 Å². The van der Waals surface area contributed by atoms with E-state index in [1.54, 1.807) is 0 Å². The molecule has 0 bridgehead atoms. The molecule has 1 unspecified atom stereocenters. The molecule has 0 fully saturated rings. The molecule has 0 N–H and O–H groups in total. The van der Waals surface area contributed by atoms with Gasteiger partial charge in [-0.1, -0.05) is 69.4 Å². The molecule has 3 rings (SSSR count). The molecule has 2 aromatic carbocycles. The fourth-order valence-corrected chi connectivity index (χ4v) is 3.97. The van der Waals surface area contributed by atoms with Crippen LogP contribution in [0.2, 0.25) is 0 Å². The van der Waals surface area contributed by atoms with E-state index < -0.39 is 0 Å². The zero-order valence-electron chi connectivity index (χ0n) is 13.0. The second-order valence-corrected chi connectivity index (χ2v) is 6.85. The summed E-state index contributed by atoms with van der Waals surface area (Å²) >= 11 is 6.72. The van der Waals surface area contributed by atoms with Crippen LogP contribution < -0.4 is 0 Å². The second-order valence-electron chi connectivity index (χ2n) is 6.32.